The molecule has 0 radical (unpaired) electrons. The summed E-state index contributed by atoms with van der Waals surface area (Å²) in [5.74, 6) is -4.91. The van der Waals surface area contributed by atoms with Crippen LogP contribution in [0.15, 0.2) is 146 Å². The van der Waals surface area contributed by atoms with Crippen molar-refractivity contribution in [3.05, 3.63) is 179 Å². The van der Waals surface area contributed by atoms with Gasteiger partial charge in [0.15, 0.2) is 0 Å². The number of nitrogens with one attached hydrogen (secondary N) is 5. The van der Waals surface area contributed by atoms with Gasteiger partial charge in [-0.15, -0.1) is 0 Å². The van der Waals surface area contributed by atoms with Crippen molar-refractivity contribution in [2.45, 2.75) is 154 Å². The molecule has 5 aromatic carbocycles. The number of hydrogen-bond acceptors (Lipinski definition) is 15. The molecule has 0 aromatic heterocycles. The molecule has 0 saturated carbocycles. The van der Waals surface area contributed by atoms with Crippen molar-refractivity contribution in [3.8, 4) is 0 Å². The lowest BCUT2D eigenvalue weighted by atomic mass is 10.1. The fourth-order valence-electron chi connectivity index (χ4n) is 8.60. The number of carbonyl (C=O) groups is 8. The van der Waals surface area contributed by atoms with Gasteiger partial charge in [0, 0.05) is 44.3 Å². The third kappa shape index (κ3) is 29.5. The van der Waals surface area contributed by atoms with E-state index in [2.05, 4.69) is 26.4 Å². The van der Waals surface area contributed by atoms with E-state index in [0.29, 0.717) is 86.7 Å². The van der Waals surface area contributed by atoms with Crippen LogP contribution in [-0.2, 0) is 92.5 Å². The van der Waals surface area contributed by atoms with Gasteiger partial charge in [-0.1, -0.05) is 148 Å². The van der Waals surface area contributed by atoms with Gasteiger partial charge in [-0.3, -0.25) is 37.8 Å². The van der Waals surface area contributed by atoms with Crippen LogP contribution in [0.5, 0.6) is 0 Å². The molecular formula is C66H83FN5O15P. The summed E-state index contributed by atoms with van der Waals surface area (Å²) < 4.78 is 61.7. The summed E-state index contributed by atoms with van der Waals surface area (Å²) in [6.45, 7) is 2.12. The van der Waals surface area contributed by atoms with Crippen LogP contribution >= 0.6 is 7.75 Å². The zero-order chi connectivity index (χ0) is 63.0. The Balaban J connectivity index is 1.14. The van der Waals surface area contributed by atoms with Gasteiger partial charge in [-0.05, 0) is 104 Å². The lowest BCUT2D eigenvalue weighted by molar-refractivity contribution is -0.150. The molecule has 5 rings (SSSR count). The van der Waals surface area contributed by atoms with Gasteiger partial charge in [0.1, 0.15) is 50.4 Å². The first-order valence-corrected chi connectivity index (χ1v) is 31.6. The summed E-state index contributed by atoms with van der Waals surface area (Å²) in [6, 6.07) is 37.2. The Morgan fingerprint density at radius 3 is 1.35 bits per heavy atom. The largest absolute Gasteiger partial charge is 0.461 e. The van der Waals surface area contributed by atoms with Gasteiger partial charge in [-0.2, -0.15) is 0 Å². The first-order valence-electron chi connectivity index (χ1n) is 30.1. The highest BCUT2D eigenvalue weighted by atomic mass is 31.2. The normalized spacial score (nSPS) is 12.7. The summed E-state index contributed by atoms with van der Waals surface area (Å²) in [5.41, 5.74) is 3.22. The van der Waals surface area contributed by atoms with Crippen LogP contribution in [0.3, 0.4) is 0 Å². The van der Waals surface area contributed by atoms with Crippen molar-refractivity contribution in [1.29, 1.82) is 0 Å². The molecular weight excluding hydrogens is 1150 g/mol. The van der Waals surface area contributed by atoms with Crippen LogP contribution in [0.25, 0.3) is 0 Å². The Kier molecular flexibility index (Phi) is 33.0. The SMILES string of the molecule is CCCCOP(=O)(N[C@@H](CCC(=O)OCc1ccccc1)C(=O)OCc1ccccc1)OCCC[C@H](NC(=O)CC[C@H](NC(=O)CCCCCNC(=O)CCCCCNC(=O)c1ccc(F)cc1)C(=O)OCc1ccccc1)C(=O)OCc1ccccc1. The minimum Gasteiger partial charge on any atom is -0.461 e. The van der Waals surface area contributed by atoms with Crippen molar-refractivity contribution < 1.29 is 75.3 Å². The minimum absolute atomic E-state index is 0.00573. The Bertz CT molecular complexity index is 2950. The molecule has 474 valence electrons. The van der Waals surface area contributed by atoms with Crippen LogP contribution in [0.1, 0.15) is 142 Å². The number of rotatable bonds is 43. The highest BCUT2D eigenvalue weighted by Crippen LogP contribution is 2.45. The quantitative estimate of drug-likeness (QED) is 0.0105. The van der Waals surface area contributed by atoms with E-state index in [1.807, 2.05) is 43.3 Å². The number of hydrogen-bond donors (Lipinski definition) is 5. The number of benzene rings is 5. The van der Waals surface area contributed by atoms with Gasteiger partial charge < -0.3 is 40.2 Å². The molecule has 4 atom stereocenters. The number of carbonyl (C=O) groups excluding carboxylic acids is 8. The summed E-state index contributed by atoms with van der Waals surface area (Å²) in [5, 5.41) is 13.8. The lowest BCUT2D eigenvalue weighted by Crippen LogP contribution is -2.45. The molecule has 0 spiro atoms. The van der Waals surface area contributed by atoms with Gasteiger partial charge >= 0.3 is 31.6 Å². The van der Waals surface area contributed by atoms with Gasteiger partial charge in [-0.25, -0.2) is 23.6 Å². The molecule has 0 bridgehead atoms. The van der Waals surface area contributed by atoms with Crippen LogP contribution in [-0.4, -0.2) is 91.9 Å². The van der Waals surface area contributed by atoms with E-state index < -0.39 is 67.4 Å². The van der Waals surface area contributed by atoms with Gasteiger partial charge in [0.2, 0.25) is 17.7 Å². The highest BCUT2D eigenvalue weighted by Gasteiger charge is 2.34. The van der Waals surface area contributed by atoms with Gasteiger partial charge in [0.25, 0.3) is 5.91 Å². The first-order chi connectivity index (χ1) is 42.7. The van der Waals surface area contributed by atoms with Crippen molar-refractivity contribution in [2.24, 2.45) is 0 Å². The molecule has 5 aromatic rings. The van der Waals surface area contributed by atoms with Crippen LogP contribution in [0.4, 0.5) is 4.39 Å². The standard InChI is InChI=1S/C66H83FN5O15P/c1-2-3-44-86-88(81,72-58(66(80)85-49-53-29-16-7-17-30-53)39-41-62(76)82-46-50-23-10-4-11-24-50)87-45-22-31-56(64(78)83-47-51-25-12-5-13-26-51)70-61(75)40-38-57(65(79)84-48-52-27-14-6-15-28-52)71-60(74)33-19-9-20-42-68-59(73)32-18-8-21-43-69-63(77)54-34-36-55(67)37-35-54/h4-7,10-17,23-30,34-37,56-58H,2-3,8-9,18-22,31-33,38-49H2,1H3,(H,68,73)(H,69,77)(H,70,75)(H,71,74)(H,72,81)/t56-,57-,58-,88?/m0/s1. The third-order valence-corrected chi connectivity index (χ3v) is 15.3. The molecule has 1 unspecified atom stereocenters. The van der Waals surface area contributed by atoms with E-state index in [0.717, 1.165) is 12.0 Å². The molecule has 4 amide bonds. The molecule has 88 heavy (non-hydrogen) atoms. The van der Waals surface area contributed by atoms with Crippen LogP contribution in [0.2, 0.25) is 0 Å². The Labute approximate surface area is 514 Å². The molecule has 0 saturated heterocycles. The van der Waals surface area contributed by atoms with E-state index in [9.17, 15) is 47.3 Å². The topological polar surface area (TPSA) is 269 Å². The van der Waals surface area contributed by atoms with Crippen molar-refractivity contribution in [1.82, 2.24) is 26.4 Å². The fourth-order valence-corrected chi connectivity index (χ4v) is 10.2. The maximum atomic E-state index is 14.5. The fraction of sp³-hybridized carbons (Fsp3) is 0.424. The second-order valence-electron chi connectivity index (χ2n) is 20.8. The second-order valence-corrected chi connectivity index (χ2v) is 22.6. The van der Waals surface area contributed by atoms with Crippen LogP contribution in [0, 0.1) is 5.82 Å². The molecule has 0 aliphatic carbocycles. The maximum Gasteiger partial charge on any atom is 0.406 e. The third-order valence-electron chi connectivity index (χ3n) is 13.6. The maximum absolute atomic E-state index is 14.5. The van der Waals surface area contributed by atoms with Crippen molar-refractivity contribution in [2.75, 3.05) is 26.3 Å². The smallest absolute Gasteiger partial charge is 0.406 e. The Morgan fingerprint density at radius 2 is 0.852 bits per heavy atom. The monoisotopic (exact) mass is 1240 g/mol. The van der Waals surface area contributed by atoms with Crippen molar-refractivity contribution in [3.63, 3.8) is 0 Å². The second kappa shape index (κ2) is 41.1. The number of esters is 4. The predicted octanol–water partition coefficient (Wildman–Crippen LogP) is 9.98. The summed E-state index contributed by atoms with van der Waals surface area (Å²) in [7, 11) is -4.36. The summed E-state index contributed by atoms with van der Waals surface area (Å²) in [4.78, 5) is 106. The van der Waals surface area contributed by atoms with E-state index in [-0.39, 0.29) is 96.4 Å². The highest BCUT2D eigenvalue weighted by molar-refractivity contribution is 7.51. The van der Waals surface area contributed by atoms with Crippen LogP contribution < -0.4 is 26.4 Å². The first kappa shape index (κ1) is 70.7. The van der Waals surface area contributed by atoms with E-state index in [4.69, 9.17) is 28.0 Å². The average Bonchev–Trinajstić information content (AvgIpc) is 3.73. The lowest BCUT2D eigenvalue weighted by Gasteiger charge is -2.25. The van der Waals surface area contributed by atoms with E-state index >= 15 is 0 Å². The number of unbranched alkanes of at least 4 members (excludes halogenated alkanes) is 5. The van der Waals surface area contributed by atoms with Gasteiger partial charge in [0.05, 0.1) is 13.2 Å². The molecule has 0 fully saturated rings. The van der Waals surface area contributed by atoms with E-state index in [1.54, 1.807) is 84.9 Å². The predicted molar refractivity (Wildman–Crippen MR) is 327 cm³/mol. The van der Waals surface area contributed by atoms with E-state index in [1.165, 1.54) is 24.3 Å². The average molecular weight is 1240 g/mol. The Hall–Kier alpha value is -8.10. The minimum atomic E-state index is -4.36. The molecule has 0 aliphatic rings. The number of amides is 4. The molecule has 0 heterocycles. The zero-order valence-corrected chi connectivity index (χ0v) is 50.9. The zero-order valence-electron chi connectivity index (χ0n) is 50.0. The summed E-state index contributed by atoms with van der Waals surface area (Å²) >= 11 is 0. The molecule has 5 N–H and O–H groups in total. The Morgan fingerprint density at radius 1 is 0.432 bits per heavy atom. The number of halogens is 1. The molecule has 22 heteroatoms. The number of ether oxygens (including phenoxy) is 4. The summed E-state index contributed by atoms with van der Waals surface area (Å²) in [6.07, 6.45) is 4.15. The molecule has 20 nitrogen and oxygen atoms in total. The van der Waals surface area contributed by atoms with Crippen molar-refractivity contribution >= 4 is 55.3 Å². The molecule has 0 aliphatic heterocycles.